The van der Waals surface area contributed by atoms with Gasteiger partial charge < -0.3 is 4.98 Å². The van der Waals surface area contributed by atoms with Crippen molar-refractivity contribution >= 4 is 50.4 Å². The summed E-state index contributed by atoms with van der Waals surface area (Å²) in [7, 11) is 0. The van der Waals surface area contributed by atoms with E-state index in [0.29, 0.717) is 15.4 Å². The minimum absolute atomic E-state index is 0.0497. The zero-order valence-corrected chi connectivity index (χ0v) is 18.0. The number of thiophene rings is 2. The molecule has 4 nitrogen and oxygen atoms in total. The standard InChI is InChI=1S/C22H18N2O2S3/c25-17(18-6-3-9-27-18)12-29-22-23-20(26)19-16(11-28-21(19)24-22)15-8-7-13-4-1-2-5-14(13)10-15/h3,6-11H,1-2,4-5,12H2,(H,23,24,26). The van der Waals surface area contributed by atoms with E-state index in [4.69, 9.17) is 0 Å². The van der Waals surface area contributed by atoms with Crippen LogP contribution in [0.4, 0.5) is 0 Å². The summed E-state index contributed by atoms with van der Waals surface area (Å²) in [5.41, 5.74) is 4.71. The van der Waals surface area contributed by atoms with E-state index in [1.807, 2.05) is 22.9 Å². The molecule has 0 unspecified atom stereocenters. The molecule has 1 aromatic carbocycles. The predicted molar refractivity (Wildman–Crippen MR) is 122 cm³/mol. The topological polar surface area (TPSA) is 62.8 Å². The number of nitrogens with zero attached hydrogens (tertiary/aromatic N) is 1. The van der Waals surface area contributed by atoms with Gasteiger partial charge in [-0.3, -0.25) is 9.59 Å². The zero-order valence-electron chi connectivity index (χ0n) is 15.6. The number of nitrogens with one attached hydrogen (secondary N) is 1. The summed E-state index contributed by atoms with van der Waals surface area (Å²) in [5.74, 6) is 0.312. The van der Waals surface area contributed by atoms with Gasteiger partial charge in [-0.1, -0.05) is 36.0 Å². The van der Waals surface area contributed by atoms with Crippen molar-refractivity contribution in [1.82, 2.24) is 9.97 Å². The Hall–Kier alpha value is -2.22. The molecule has 4 aromatic rings. The van der Waals surface area contributed by atoms with Gasteiger partial charge in [0, 0.05) is 10.9 Å². The number of aromatic amines is 1. The molecule has 1 N–H and O–H groups in total. The lowest BCUT2D eigenvalue weighted by atomic mass is 9.89. The van der Waals surface area contributed by atoms with Crippen molar-refractivity contribution in [2.45, 2.75) is 30.8 Å². The van der Waals surface area contributed by atoms with Gasteiger partial charge in [0.05, 0.1) is 16.0 Å². The molecule has 3 aromatic heterocycles. The van der Waals surface area contributed by atoms with E-state index in [1.54, 1.807) is 0 Å². The number of ketones is 1. The van der Waals surface area contributed by atoms with Crippen LogP contribution in [-0.2, 0) is 12.8 Å². The second-order valence-corrected chi connectivity index (χ2v) is 9.85. The van der Waals surface area contributed by atoms with E-state index in [-0.39, 0.29) is 17.1 Å². The van der Waals surface area contributed by atoms with E-state index in [0.717, 1.165) is 28.8 Å². The SMILES string of the molecule is O=C(CSc1nc2scc(-c3ccc4c(c3)CCCC4)c2c(=O)[nH]1)c1cccs1. The third-order valence-electron chi connectivity index (χ3n) is 5.22. The van der Waals surface area contributed by atoms with Crippen LogP contribution in [0.15, 0.2) is 51.0 Å². The molecule has 1 aliphatic carbocycles. The Morgan fingerprint density at radius 2 is 2.00 bits per heavy atom. The van der Waals surface area contributed by atoms with Gasteiger partial charge in [0.1, 0.15) is 4.83 Å². The number of Topliss-reactive ketones (excluding diaryl/α,β-unsaturated/α-hetero) is 1. The van der Waals surface area contributed by atoms with Crippen molar-refractivity contribution in [1.29, 1.82) is 0 Å². The quantitative estimate of drug-likeness (QED) is 0.251. The van der Waals surface area contributed by atoms with Crippen LogP contribution in [-0.4, -0.2) is 21.5 Å². The monoisotopic (exact) mass is 438 g/mol. The molecule has 0 bridgehead atoms. The molecule has 3 heterocycles. The molecule has 146 valence electrons. The lowest BCUT2D eigenvalue weighted by molar-refractivity contribution is 0.102. The Morgan fingerprint density at radius 3 is 2.83 bits per heavy atom. The fraction of sp³-hybridized carbons (Fsp3) is 0.227. The number of hydrogen-bond acceptors (Lipinski definition) is 6. The maximum Gasteiger partial charge on any atom is 0.260 e. The number of H-pyrrole nitrogens is 1. The molecule has 0 saturated heterocycles. The van der Waals surface area contributed by atoms with Gasteiger partial charge in [-0.2, -0.15) is 0 Å². The number of aromatic nitrogens is 2. The van der Waals surface area contributed by atoms with E-state index >= 15 is 0 Å². The van der Waals surface area contributed by atoms with Gasteiger partial charge in [0.25, 0.3) is 5.56 Å². The highest BCUT2D eigenvalue weighted by Crippen LogP contribution is 2.34. The molecule has 29 heavy (non-hydrogen) atoms. The van der Waals surface area contributed by atoms with E-state index < -0.39 is 0 Å². The first-order valence-corrected chi connectivity index (χ1v) is 12.3. The molecule has 5 rings (SSSR count). The highest BCUT2D eigenvalue weighted by atomic mass is 32.2. The number of benzene rings is 1. The van der Waals surface area contributed by atoms with Crippen LogP contribution in [0.25, 0.3) is 21.3 Å². The second-order valence-electron chi connectivity index (χ2n) is 7.08. The summed E-state index contributed by atoms with van der Waals surface area (Å²) in [6.45, 7) is 0. The van der Waals surface area contributed by atoms with Crippen LogP contribution >= 0.6 is 34.4 Å². The molecule has 0 radical (unpaired) electrons. The van der Waals surface area contributed by atoms with Gasteiger partial charge >= 0.3 is 0 Å². The molecular formula is C22H18N2O2S3. The van der Waals surface area contributed by atoms with Crippen LogP contribution in [0, 0.1) is 0 Å². The van der Waals surface area contributed by atoms with Gasteiger partial charge in [0.15, 0.2) is 10.9 Å². The van der Waals surface area contributed by atoms with Crippen LogP contribution in [0.2, 0.25) is 0 Å². The number of fused-ring (bicyclic) bond motifs is 2. The minimum atomic E-state index is -0.143. The van der Waals surface area contributed by atoms with Gasteiger partial charge in [-0.05, 0) is 53.8 Å². The van der Waals surface area contributed by atoms with E-state index in [9.17, 15) is 9.59 Å². The van der Waals surface area contributed by atoms with E-state index in [1.165, 1.54) is 58.4 Å². The van der Waals surface area contributed by atoms with Crippen LogP contribution in [0.1, 0.15) is 33.6 Å². The van der Waals surface area contributed by atoms with Crippen LogP contribution in [0.5, 0.6) is 0 Å². The normalized spacial score (nSPS) is 13.5. The highest BCUT2D eigenvalue weighted by Gasteiger charge is 2.16. The molecular weight excluding hydrogens is 420 g/mol. The minimum Gasteiger partial charge on any atom is -0.301 e. The number of aryl methyl sites for hydroxylation is 2. The molecule has 0 fully saturated rings. The average molecular weight is 439 g/mol. The molecule has 0 atom stereocenters. The van der Waals surface area contributed by atoms with Crippen molar-refractivity contribution < 1.29 is 4.79 Å². The van der Waals surface area contributed by atoms with Crippen LogP contribution in [0.3, 0.4) is 0 Å². The number of thioether (sulfide) groups is 1. The summed E-state index contributed by atoms with van der Waals surface area (Å²) in [6, 6.07) is 10.2. The Labute approximate surface area is 180 Å². The lowest BCUT2D eigenvalue weighted by Gasteiger charge is -2.16. The van der Waals surface area contributed by atoms with Crippen molar-refractivity contribution in [3.8, 4) is 11.1 Å². The maximum absolute atomic E-state index is 12.8. The fourth-order valence-electron chi connectivity index (χ4n) is 3.75. The summed E-state index contributed by atoms with van der Waals surface area (Å²) in [5, 5.41) is 5.03. The van der Waals surface area contributed by atoms with Crippen LogP contribution < -0.4 is 5.56 Å². The molecule has 0 aliphatic heterocycles. The molecule has 1 aliphatic rings. The first kappa shape index (κ1) is 18.8. The number of carbonyl (C=O) groups is 1. The predicted octanol–water partition coefficient (Wildman–Crippen LogP) is 5.57. The molecule has 0 saturated carbocycles. The van der Waals surface area contributed by atoms with Gasteiger partial charge in [0.2, 0.25) is 0 Å². The molecule has 0 amide bonds. The summed E-state index contributed by atoms with van der Waals surface area (Å²) in [6.07, 6.45) is 4.74. The molecule has 7 heteroatoms. The smallest absolute Gasteiger partial charge is 0.260 e. The zero-order chi connectivity index (χ0) is 19.8. The van der Waals surface area contributed by atoms with Crippen molar-refractivity contribution in [3.63, 3.8) is 0 Å². The fourth-order valence-corrected chi connectivity index (χ4v) is 6.26. The lowest BCUT2D eigenvalue weighted by Crippen LogP contribution is -2.10. The average Bonchev–Trinajstić information content (AvgIpc) is 3.42. The molecule has 0 spiro atoms. The number of rotatable bonds is 5. The van der Waals surface area contributed by atoms with Crippen molar-refractivity contribution in [3.05, 3.63) is 67.4 Å². The summed E-state index contributed by atoms with van der Waals surface area (Å²) < 4.78 is 0. The first-order valence-electron chi connectivity index (χ1n) is 9.52. The van der Waals surface area contributed by atoms with Gasteiger partial charge in [-0.25, -0.2) is 4.98 Å². The Kier molecular flexibility index (Phi) is 5.11. The highest BCUT2D eigenvalue weighted by molar-refractivity contribution is 7.99. The van der Waals surface area contributed by atoms with Crippen molar-refractivity contribution in [2.75, 3.05) is 5.75 Å². The third-order valence-corrected chi connectivity index (χ3v) is 7.87. The second kappa shape index (κ2) is 7.89. The Morgan fingerprint density at radius 1 is 1.14 bits per heavy atom. The Bertz CT molecular complexity index is 1260. The Balaban J connectivity index is 1.44. The van der Waals surface area contributed by atoms with Gasteiger partial charge in [-0.15, -0.1) is 22.7 Å². The van der Waals surface area contributed by atoms with E-state index in [2.05, 4.69) is 28.2 Å². The van der Waals surface area contributed by atoms with Crippen molar-refractivity contribution in [2.24, 2.45) is 0 Å². The number of hydrogen-bond donors (Lipinski definition) is 1. The summed E-state index contributed by atoms with van der Waals surface area (Å²) >= 11 is 4.19. The third kappa shape index (κ3) is 3.70. The number of carbonyl (C=O) groups excluding carboxylic acids is 1. The largest absolute Gasteiger partial charge is 0.301 e. The summed E-state index contributed by atoms with van der Waals surface area (Å²) in [4.78, 5) is 33.9. The first-order chi connectivity index (χ1) is 14.2. The maximum atomic E-state index is 12.8.